The number of nitrogens with zero attached hydrogens (tertiary/aromatic N) is 3. The van der Waals surface area contributed by atoms with E-state index in [4.69, 9.17) is 10.1 Å². The van der Waals surface area contributed by atoms with Crippen LogP contribution in [0, 0.1) is 0 Å². The first-order chi connectivity index (χ1) is 16.6. The van der Waals surface area contributed by atoms with Crippen LogP contribution in [0.15, 0.2) is 78.9 Å². The maximum absolute atomic E-state index is 13.6. The zero-order valence-corrected chi connectivity index (χ0v) is 19.7. The second-order valence-corrected chi connectivity index (χ2v) is 9.67. The lowest BCUT2D eigenvalue weighted by Crippen LogP contribution is -2.13. The maximum Gasteiger partial charge on any atom is 0.417 e. The molecule has 0 aliphatic rings. The number of aromatic nitrogens is 4. The van der Waals surface area contributed by atoms with Crippen molar-refractivity contribution in [2.24, 2.45) is 0 Å². The highest BCUT2D eigenvalue weighted by Crippen LogP contribution is 2.38. The molecule has 3 aromatic carbocycles. The van der Waals surface area contributed by atoms with E-state index in [9.17, 15) is 13.2 Å². The molecule has 0 saturated carbocycles. The molecule has 0 saturated heterocycles. The minimum atomic E-state index is -4.43. The van der Waals surface area contributed by atoms with E-state index in [-0.39, 0.29) is 11.0 Å². The second kappa shape index (κ2) is 8.41. The molecular weight excluding hydrogens is 449 g/mol. The van der Waals surface area contributed by atoms with Crippen LogP contribution >= 0.6 is 0 Å². The molecule has 0 unspecified atom stereocenters. The number of H-pyrrole nitrogens is 1. The Morgan fingerprint density at radius 2 is 1.57 bits per heavy atom. The van der Waals surface area contributed by atoms with Gasteiger partial charge in [-0.2, -0.15) is 18.3 Å². The zero-order chi connectivity index (χ0) is 24.8. The third-order valence-electron chi connectivity index (χ3n) is 5.99. The van der Waals surface area contributed by atoms with Crippen molar-refractivity contribution in [1.82, 2.24) is 19.7 Å². The number of aromatic amines is 1. The summed E-state index contributed by atoms with van der Waals surface area (Å²) in [4.78, 5) is 8.07. The number of hydrogen-bond acceptors (Lipinski definition) is 2. The Labute approximate surface area is 201 Å². The Kier molecular flexibility index (Phi) is 5.50. The number of rotatable bonds is 4. The highest BCUT2D eigenvalue weighted by molar-refractivity contribution is 5.85. The van der Waals surface area contributed by atoms with Crippen molar-refractivity contribution < 1.29 is 13.2 Å². The number of fused-ring (bicyclic) bond motifs is 1. The average molecular weight is 475 g/mol. The van der Waals surface area contributed by atoms with E-state index < -0.39 is 11.7 Å². The molecular formula is C28H25F3N4. The summed E-state index contributed by atoms with van der Waals surface area (Å²) < 4.78 is 42.6. The summed E-state index contributed by atoms with van der Waals surface area (Å²) in [7, 11) is 0. The van der Waals surface area contributed by atoms with Gasteiger partial charge >= 0.3 is 6.18 Å². The normalized spacial score (nSPS) is 12.4. The average Bonchev–Trinajstić information content (AvgIpc) is 3.42. The predicted octanol–water partition coefficient (Wildman–Crippen LogP) is 7.46. The standard InChI is InChI=1S/C28H25F3N4/c1-27(2,3)25-16-24(35(34-25)17-18-9-5-4-6-10-18)26-32-22-14-13-19(15-23(22)33-26)20-11-7-8-12-21(20)28(29,30)31/h4-16H,17H2,1-3H3,(H,32,33). The van der Waals surface area contributed by atoms with Gasteiger partial charge in [0.15, 0.2) is 5.82 Å². The maximum atomic E-state index is 13.6. The molecule has 0 aliphatic heterocycles. The van der Waals surface area contributed by atoms with Gasteiger partial charge in [-0.1, -0.05) is 75.4 Å². The lowest BCUT2D eigenvalue weighted by Gasteiger charge is -2.14. The monoisotopic (exact) mass is 474 g/mol. The van der Waals surface area contributed by atoms with Crippen LogP contribution in [0.5, 0.6) is 0 Å². The fourth-order valence-electron chi connectivity index (χ4n) is 4.13. The smallest absolute Gasteiger partial charge is 0.337 e. The molecule has 4 nitrogen and oxygen atoms in total. The molecule has 0 aliphatic carbocycles. The van der Waals surface area contributed by atoms with Crippen molar-refractivity contribution in [3.05, 3.63) is 95.7 Å². The number of imidazole rings is 1. The quantitative estimate of drug-likeness (QED) is 0.294. The molecule has 0 radical (unpaired) electrons. The van der Waals surface area contributed by atoms with E-state index in [2.05, 4.69) is 25.8 Å². The minimum absolute atomic E-state index is 0.141. The van der Waals surface area contributed by atoms with Gasteiger partial charge < -0.3 is 4.98 Å². The Bertz CT molecular complexity index is 1490. The summed E-state index contributed by atoms with van der Waals surface area (Å²) in [6, 6.07) is 22.8. The van der Waals surface area contributed by atoms with Gasteiger partial charge in [-0.05, 0) is 41.0 Å². The molecule has 0 amide bonds. The van der Waals surface area contributed by atoms with Crippen LogP contribution in [0.3, 0.4) is 0 Å². The van der Waals surface area contributed by atoms with Crippen LogP contribution in [0.4, 0.5) is 13.2 Å². The van der Waals surface area contributed by atoms with Gasteiger partial charge in [-0.25, -0.2) is 4.98 Å². The summed E-state index contributed by atoms with van der Waals surface area (Å²) in [6.45, 7) is 6.90. The minimum Gasteiger partial charge on any atom is -0.337 e. The van der Waals surface area contributed by atoms with Gasteiger partial charge in [0.2, 0.25) is 0 Å². The third kappa shape index (κ3) is 4.58. The van der Waals surface area contributed by atoms with Gasteiger partial charge in [0.05, 0.1) is 28.8 Å². The molecule has 35 heavy (non-hydrogen) atoms. The van der Waals surface area contributed by atoms with Crippen molar-refractivity contribution in [3.63, 3.8) is 0 Å². The van der Waals surface area contributed by atoms with Gasteiger partial charge in [0.1, 0.15) is 5.69 Å². The summed E-state index contributed by atoms with van der Waals surface area (Å²) in [5, 5.41) is 4.86. The molecule has 7 heteroatoms. The predicted molar refractivity (Wildman–Crippen MR) is 132 cm³/mol. The zero-order valence-electron chi connectivity index (χ0n) is 19.7. The molecule has 0 atom stereocenters. The molecule has 0 spiro atoms. The van der Waals surface area contributed by atoms with Crippen molar-refractivity contribution in [3.8, 4) is 22.6 Å². The molecule has 2 heterocycles. The summed E-state index contributed by atoms with van der Waals surface area (Å²) >= 11 is 0. The number of benzene rings is 3. The molecule has 5 aromatic rings. The van der Waals surface area contributed by atoms with E-state index in [1.807, 2.05) is 41.1 Å². The van der Waals surface area contributed by atoms with Crippen molar-refractivity contribution in [2.45, 2.75) is 38.9 Å². The van der Waals surface area contributed by atoms with Gasteiger partial charge in [-0.15, -0.1) is 0 Å². The largest absolute Gasteiger partial charge is 0.417 e. The molecule has 0 fully saturated rings. The first kappa shape index (κ1) is 22.9. The Hall–Kier alpha value is -3.87. The van der Waals surface area contributed by atoms with Gasteiger partial charge in [0, 0.05) is 5.41 Å². The molecule has 178 valence electrons. The van der Waals surface area contributed by atoms with E-state index in [1.54, 1.807) is 24.3 Å². The molecule has 2 aromatic heterocycles. The fourth-order valence-corrected chi connectivity index (χ4v) is 4.13. The Morgan fingerprint density at radius 1 is 0.857 bits per heavy atom. The van der Waals surface area contributed by atoms with Crippen molar-refractivity contribution in [2.75, 3.05) is 0 Å². The molecule has 1 N–H and O–H groups in total. The highest BCUT2D eigenvalue weighted by atomic mass is 19.4. The number of halogens is 3. The van der Waals surface area contributed by atoms with E-state index in [0.717, 1.165) is 23.0 Å². The fraction of sp³-hybridized carbons (Fsp3) is 0.214. The lowest BCUT2D eigenvalue weighted by molar-refractivity contribution is -0.137. The Morgan fingerprint density at radius 3 is 2.29 bits per heavy atom. The van der Waals surface area contributed by atoms with Crippen LogP contribution < -0.4 is 0 Å². The van der Waals surface area contributed by atoms with E-state index in [1.165, 1.54) is 12.1 Å². The SMILES string of the molecule is CC(C)(C)c1cc(-c2nc3ccc(-c4ccccc4C(F)(F)F)cc3[nH]2)n(Cc2ccccc2)n1. The summed E-state index contributed by atoms with van der Waals surface area (Å²) in [5.41, 5.74) is 4.02. The summed E-state index contributed by atoms with van der Waals surface area (Å²) in [5.74, 6) is 0.625. The van der Waals surface area contributed by atoms with E-state index >= 15 is 0 Å². The Balaban J connectivity index is 1.59. The van der Waals surface area contributed by atoms with Crippen molar-refractivity contribution >= 4 is 11.0 Å². The third-order valence-corrected chi connectivity index (χ3v) is 5.99. The van der Waals surface area contributed by atoms with Gasteiger partial charge in [0.25, 0.3) is 0 Å². The van der Waals surface area contributed by atoms with Crippen LogP contribution in [0.2, 0.25) is 0 Å². The first-order valence-electron chi connectivity index (χ1n) is 11.4. The molecule has 0 bridgehead atoms. The number of hydrogen-bond donors (Lipinski definition) is 1. The highest BCUT2D eigenvalue weighted by Gasteiger charge is 2.33. The molecule has 5 rings (SSSR count). The van der Waals surface area contributed by atoms with Crippen molar-refractivity contribution in [1.29, 1.82) is 0 Å². The van der Waals surface area contributed by atoms with Crippen LogP contribution in [0.25, 0.3) is 33.7 Å². The van der Waals surface area contributed by atoms with Gasteiger partial charge in [-0.3, -0.25) is 4.68 Å². The lowest BCUT2D eigenvalue weighted by atomic mass is 9.92. The number of nitrogens with one attached hydrogen (secondary N) is 1. The number of alkyl halides is 3. The van der Waals surface area contributed by atoms with E-state index in [0.29, 0.717) is 29.0 Å². The van der Waals surface area contributed by atoms with Crippen LogP contribution in [-0.2, 0) is 18.1 Å². The first-order valence-corrected chi connectivity index (χ1v) is 11.4. The van der Waals surface area contributed by atoms with Crippen LogP contribution in [0.1, 0.15) is 37.6 Å². The summed E-state index contributed by atoms with van der Waals surface area (Å²) in [6.07, 6.45) is -4.43. The topological polar surface area (TPSA) is 46.5 Å². The van der Waals surface area contributed by atoms with Crippen LogP contribution in [-0.4, -0.2) is 19.7 Å². The second-order valence-electron chi connectivity index (χ2n) is 9.67.